The lowest BCUT2D eigenvalue weighted by Gasteiger charge is -2.23. The van der Waals surface area contributed by atoms with Crippen molar-refractivity contribution in [3.8, 4) is 0 Å². The van der Waals surface area contributed by atoms with Gasteiger partial charge in [0.25, 0.3) is 0 Å². The highest BCUT2D eigenvalue weighted by Gasteiger charge is 2.30. The van der Waals surface area contributed by atoms with Crippen molar-refractivity contribution in [3.05, 3.63) is 87.4 Å². The lowest BCUT2D eigenvalue weighted by molar-refractivity contribution is 0.0599. The van der Waals surface area contributed by atoms with Gasteiger partial charge in [0.2, 0.25) is 0 Å². The Morgan fingerprint density at radius 1 is 1.13 bits per heavy atom. The van der Waals surface area contributed by atoms with E-state index in [1.807, 2.05) is 0 Å². The fraction of sp³-hybridized carbons (Fsp3) is 0.217. The van der Waals surface area contributed by atoms with Crippen LogP contribution in [0.1, 0.15) is 34.5 Å². The van der Waals surface area contributed by atoms with Crippen molar-refractivity contribution >= 4 is 22.6 Å². The fourth-order valence-corrected chi connectivity index (χ4v) is 3.91. The first-order valence-electron chi connectivity index (χ1n) is 9.51. The molecule has 0 aliphatic heterocycles. The standard InChI is InChI=1S/C23H17F4NO3/c1-31-23(30)14-7-8-18-21(20-15(25)3-2-4-16(20)26)19(29)9-10-28(18)22(14)13-6-5-12(24)11-17(13)27/h2-3,5-10,16-17H,4,11H2,1H3. The Labute approximate surface area is 174 Å². The Morgan fingerprint density at radius 3 is 2.58 bits per heavy atom. The number of nitrogens with zero attached hydrogens (tertiary/aromatic N) is 1. The number of aromatic nitrogens is 1. The molecule has 0 bridgehead atoms. The van der Waals surface area contributed by atoms with Gasteiger partial charge in [0, 0.05) is 36.3 Å². The zero-order chi connectivity index (χ0) is 22.3. The van der Waals surface area contributed by atoms with Gasteiger partial charge in [-0.2, -0.15) is 0 Å². The third-order valence-electron chi connectivity index (χ3n) is 5.32. The SMILES string of the molecule is COC(=O)c1ccc2c(C3=C(F)C=CCC3F)c(=O)ccn2c1C1=CC=C(F)CC1F. The Balaban J connectivity index is 2.10. The molecule has 4 nitrogen and oxygen atoms in total. The maximum absolute atomic E-state index is 14.8. The number of esters is 1. The van der Waals surface area contributed by atoms with E-state index in [9.17, 15) is 27.2 Å². The van der Waals surface area contributed by atoms with Crippen LogP contribution >= 0.6 is 0 Å². The molecule has 4 rings (SSSR count). The van der Waals surface area contributed by atoms with Crippen LogP contribution in [0.4, 0.5) is 17.6 Å². The van der Waals surface area contributed by atoms with Gasteiger partial charge in [-0.25, -0.2) is 22.4 Å². The van der Waals surface area contributed by atoms with Gasteiger partial charge in [0.05, 0.1) is 29.4 Å². The van der Waals surface area contributed by atoms with Crippen molar-refractivity contribution < 1.29 is 27.1 Å². The van der Waals surface area contributed by atoms with Crippen LogP contribution in [0.15, 0.2) is 65.1 Å². The van der Waals surface area contributed by atoms with Gasteiger partial charge in [-0.3, -0.25) is 4.79 Å². The Bertz CT molecular complexity index is 1270. The van der Waals surface area contributed by atoms with Crippen molar-refractivity contribution in [1.82, 2.24) is 4.40 Å². The number of alkyl halides is 2. The summed E-state index contributed by atoms with van der Waals surface area (Å²) >= 11 is 0. The summed E-state index contributed by atoms with van der Waals surface area (Å²) in [5.41, 5.74) is -1.20. The Morgan fingerprint density at radius 2 is 1.90 bits per heavy atom. The molecule has 2 aromatic heterocycles. The largest absolute Gasteiger partial charge is 0.465 e. The lowest BCUT2D eigenvalue weighted by Crippen LogP contribution is -2.21. The predicted molar refractivity (Wildman–Crippen MR) is 108 cm³/mol. The highest BCUT2D eigenvalue weighted by Crippen LogP contribution is 2.36. The van der Waals surface area contributed by atoms with Crippen molar-refractivity contribution in [3.63, 3.8) is 0 Å². The number of carbonyl (C=O) groups excluding carboxylic acids is 1. The monoisotopic (exact) mass is 431 g/mol. The predicted octanol–water partition coefficient (Wildman–Crippen LogP) is 5.04. The van der Waals surface area contributed by atoms with Gasteiger partial charge in [-0.1, -0.05) is 12.2 Å². The van der Waals surface area contributed by atoms with Crippen LogP contribution in [-0.2, 0) is 4.74 Å². The first-order valence-corrected chi connectivity index (χ1v) is 9.51. The second-order valence-corrected chi connectivity index (χ2v) is 7.17. The third-order valence-corrected chi connectivity index (χ3v) is 5.32. The smallest absolute Gasteiger partial charge is 0.340 e. The maximum atomic E-state index is 14.8. The number of pyridine rings is 2. The van der Waals surface area contributed by atoms with Crippen molar-refractivity contribution in [2.45, 2.75) is 25.2 Å². The summed E-state index contributed by atoms with van der Waals surface area (Å²) in [6.45, 7) is 0. The average Bonchev–Trinajstić information content (AvgIpc) is 2.74. The highest BCUT2D eigenvalue weighted by atomic mass is 19.2. The quantitative estimate of drug-likeness (QED) is 0.505. The van der Waals surface area contributed by atoms with Crippen LogP contribution < -0.4 is 5.43 Å². The molecule has 2 heterocycles. The Kier molecular flexibility index (Phi) is 5.39. The molecule has 0 amide bonds. The number of halogens is 4. The molecular formula is C23H17F4NO3. The summed E-state index contributed by atoms with van der Waals surface area (Å²) in [5, 5.41) is 0. The Hall–Kier alpha value is -3.42. The molecule has 31 heavy (non-hydrogen) atoms. The van der Waals surface area contributed by atoms with E-state index in [-0.39, 0.29) is 34.3 Å². The second-order valence-electron chi connectivity index (χ2n) is 7.17. The molecule has 160 valence electrons. The highest BCUT2D eigenvalue weighted by molar-refractivity contribution is 5.97. The number of allylic oxidation sites excluding steroid dienone is 8. The van der Waals surface area contributed by atoms with Crippen molar-refractivity contribution in [2.24, 2.45) is 0 Å². The summed E-state index contributed by atoms with van der Waals surface area (Å²) in [5.74, 6) is -2.33. The van der Waals surface area contributed by atoms with Gasteiger partial charge in [0.1, 0.15) is 24.0 Å². The van der Waals surface area contributed by atoms with Crippen molar-refractivity contribution in [2.75, 3.05) is 7.11 Å². The normalized spacial score (nSPS) is 21.2. The second kappa shape index (κ2) is 8.02. The molecule has 0 fully saturated rings. The lowest BCUT2D eigenvalue weighted by atomic mass is 9.92. The molecule has 2 atom stereocenters. The van der Waals surface area contributed by atoms with Crippen LogP contribution in [0.25, 0.3) is 16.7 Å². The average molecular weight is 431 g/mol. The molecule has 2 aliphatic carbocycles. The van der Waals surface area contributed by atoms with E-state index in [4.69, 9.17) is 4.74 Å². The van der Waals surface area contributed by atoms with Gasteiger partial charge in [0.15, 0.2) is 5.43 Å². The van der Waals surface area contributed by atoms with E-state index in [2.05, 4.69) is 0 Å². The van der Waals surface area contributed by atoms with Gasteiger partial charge in [-0.15, -0.1) is 0 Å². The topological polar surface area (TPSA) is 47.8 Å². The number of hydrogen-bond donors (Lipinski definition) is 0. The molecule has 0 N–H and O–H groups in total. The van der Waals surface area contributed by atoms with Gasteiger partial charge < -0.3 is 9.14 Å². The van der Waals surface area contributed by atoms with Crippen LogP contribution in [0, 0.1) is 0 Å². The molecular weight excluding hydrogens is 414 g/mol. The zero-order valence-corrected chi connectivity index (χ0v) is 16.4. The van der Waals surface area contributed by atoms with E-state index in [0.717, 1.165) is 25.3 Å². The van der Waals surface area contributed by atoms with Crippen LogP contribution in [-0.4, -0.2) is 29.8 Å². The molecule has 0 saturated carbocycles. The van der Waals surface area contributed by atoms with Crippen LogP contribution in [0.5, 0.6) is 0 Å². The number of methoxy groups -OCH3 is 1. The minimum Gasteiger partial charge on any atom is -0.465 e. The number of rotatable bonds is 3. The number of ether oxygens (including phenoxy) is 1. The molecule has 2 aliphatic rings. The summed E-state index contributed by atoms with van der Waals surface area (Å²) in [6, 6.07) is 3.74. The fourth-order valence-electron chi connectivity index (χ4n) is 3.91. The number of fused-ring (bicyclic) bond motifs is 1. The minimum absolute atomic E-state index is 0.0169. The molecule has 0 aromatic carbocycles. The number of carbonyl (C=O) groups is 1. The van der Waals surface area contributed by atoms with E-state index in [0.29, 0.717) is 0 Å². The number of hydrogen-bond acceptors (Lipinski definition) is 3. The molecule has 2 aromatic rings. The summed E-state index contributed by atoms with van der Waals surface area (Å²) in [6.07, 6.45) is 1.85. The summed E-state index contributed by atoms with van der Waals surface area (Å²) in [4.78, 5) is 25.0. The van der Waals surface area contributed by atoms with E-state index < -0.39 is 47.4 Å². The third kappa shape index (κ3) is 3.52. The molecule has 0 radical (unpaired) electrons. The van der Waals surface area contributed by atoms with Gasteiger partial charge >= 0.3 is 5.97 Å². The summed E-state index contributed by atoms with van der Waals surface area (Å²) < 4.78 is 63.6. The van der Waals surface area contributed by atoms with Crippen LogP contribution in [0.2, 0.25) is 0 Å². The first kappa shape index (κ1) is 20.8. The molecule has 0 spiro atoms. The van der Waals surface area contributed by atoms with Crippen molar-refractivity contribution in [1.29, 1.82) is 0 Å². The van der Waals surface area contributed by atoms with Crippen LogP contribution in [0.3, 0.4) is 0 Å². The molecule has 2 unspecified atom stereocenters. The first-order chi connectivity index (χ1) is 14.8. The van der Waals surface area contributed by atoms with E-state index in [1.54, 1.807) is 0 Å². The molecule has 0 saturated heterocycles. The summed E-state index contributed by atoms with van der Waals surface area (Å²) in [7, 11) is 1.15. The van der Waals surface area contributed by atoms with Gasteiger partial charge in [-0.05, 0) is 24.3 Å². The molecule has 8 heteroatoms. The van der Waals surface area contributed by atoms with E-state index >= 15 is 0 Å². The maximum Gasteiger partial charge on any atom is 0.340 e. The zero-order valence-electron chi connectivity index (χ0n) is 16.4. The minimum atomic E-state index is -1.77. The van der Waals surface area contributed by atoms with E-state index in [1.165, 1.54) is 34.9 Å².